The number of hydrogen-bond acceptors (Lipinski definition) is 5. The lowest BCUT2D eigenvalue weighted by Crippen LogP contribution is -2.63. The van der Waals surface area contributed by atoms with Gasteiger partial charge in [0.1, 0.15) is 0 Å². The van der Waals surface area contributed by atoms with Crippen LogP contribution in [0.3, 0.4) is 0 Å². The predicted molar refractivity (Wildman–Crippen MR) is 64.3 cm³/mol. The maximum Gasteiger partial charge on any atom is 0.371 e. The van der Waals surface area contributed by atoms with Crippen molar-refractivity contribution in [3.63, 3.8) is 0 Å². The number of rotatable bonds is 5. The molecule has 1 aromatic heterocycles. The van der Waals surface area contributed by atoms with E-state index in [4.69, 9.17) is 9.52 Å². The molecule has 0 amide bonds. The van der Waals surface area contributed by atoms with Gasteiger partial charge >= 0.3 is 5.97 Å². The molecule has 8 heteroatoms. The van der Waals surface area contributed by atoms with E-state index >= 15 is 0 Å². The molecule has 0 radical (unpaired) electrons. The SMILES string of the molecule is CCCC1(O)CN(S(=O)(=O)c2ccc(C(=O)O)o2)C1. The van der Waals surface area contributed by atoms with E-state index < -0.39 is 32.4 Å². The van der Waals surface area contributed by atoms with Crippen LogP contribution >= 0.6 is 0 Å². The Morgan fingerprint density at radius 3 is 2.58 bits per heavy atom. The van der Waals surface area contributed by atoms with Crippen LogP contribution in [-0.2, 0) is 10.0 Å². The van der Waals surface area contributed by atoms with Gasteiger partial charge in [-0.1, -0.05) is 13.3 Å². The van der Waals surface area contributed by atoms with E-state index in [0.717, 1.165) is 22.9 Å². The summed E-state index contributed by atoms with van der Waals surface area (Å²) in [5, 5.41) is 18.2. The Labute approximate surface area is 110 Å². The number of furan rings is 1. The largest absolute Gasteiger partial charge is 0.475 e. The van der Waals surface area contributed by atoms with Gasteiger partial charge < -0.3 is 14.6 Å². The fraction of sp³-hybridized carbons (Fsp3) is 0.545. The lowest BCUT2D eigenvalue weighted by atomic mass is 9.92. The normalized spacial score (nSPS) is 19.1. The Morgan fingerprint density at radius 1 is 1.47 bits per heavy atom. The van der Waals surface area contributed by atoms with Crippen LogP contribution in [0.25, 0.3) is 0 Å². The zero-order chi connectivity index (χ0) is 14.3. The molecule has 1 fully saturated rings. The van der Waals surface area contributed by atoms with Crippen LogP contribution in [0.2, 0.25) is 0 Å². The minimum absolute atomic E-state index is 0.00623. The highest BCUT2D eigenvalue weighted by Gasteiger charge is 2.47. The minimum atomic E-state index is -3.86. The zero-order valence-corrected chi connectivity index (χ0v) is 11.2. The van der Waals surface area contributed by atoms with Crippen molar-refractivity contribution in [2.24, 2.45) is 0 Å². The van der Waals surface area contributed by atoms with Gasteiger partial charge in [-0.25, -0.2) is 13.2 Å². The molecule has 1 aliphatic heterocycles. The molecule has 1 aliphatic rings. The summed E-state index contributed by atoms with van der Waals surface area (Å²) in [7, 11) is -3.86. The molecule has 106 valence electrons. The van der Waals surface area contributed by atoms with Crippen molar-refractivity contribution >= 4 is 16.0 Å². The molecule has 2 N–H and O–H groups in total. The third-order valence-electron chi connectivity index (χ3n) is 3.04. The van der Waals surface area contributed by atoms with E-state index in [1.165, 1.54) is 0 Å². The van der Waals surface area contributed by atoms with Crippen molar-refractivity contribution in [2.75, 3.05) is 13.1 Å². The molecule has 19 heavy (non-hydrogen) atoms. The van der Waals surface area contributed by atoms with Crippen molar-refractivity contribution in [2.45, 2.75) is 30.5 Å². The van der Waals surface area contributed by atoms with E-state index in [1.54, 1.807) is 0 Å². The summed E-state index contributed by atoms with van der Waals surface area (Å²) in [6.07, 6.45) is 1.28. The molecular weight excluding hydrogens is 274 g/mol. The second-order valence-electron chi connectivity index (χ2n) is 4.67. The average Bonchev–Trinajstić information content (AvgIpc) is 2.75. The molecule has 0 atom stereocenters. The molecule has 0 saturated carbocycles. The van der Waals surface area contributed by atoms with Gasteiger partial charge in [-0.05, 0) is 18.6 Å². The fourth-order valence-electron chi connectivity index (χ4n) is 2.10. The second kappa shape index (κ2) is 4.62. The highest BCUT2D eigenvalue weighted by molar-refractivity contribution is 7.89. The summed E-state index contributed by atoms with van der Waals surface area (Å²) >= 11 is 0. The van der Waals surface area contributed by atoms with Crippen LogP contribution in [0.4, 0.5) is 0 Å². The first-order chi connectivity index (χ1) is 8.78. The van der Waals surface area contributed by atoms with Crippen LogP contribution in [-0.4, -0.2) is 47.6 Å². The molecule has 0 aromatic carbocycles. The molecule has 2 heterocycles. The summed E-state index contributed by atoms with van der Waals surface area (Å²) in [6, 6.07) is 2.20. The standard InChI is InChI=1S/C11H15NO6S/c1-2-5-11(15)6-12(7-11)19(16,17)9-4-3-8(18-9)10(13)14/h3-4,15H,2,5-7H2,1H3,(H,13,14). The molecule has 0 bridgehead atoms. The van der Waals surface area contributed by atoms with E-state index in [1.807, 2.05) is 6.92 Å². The predicted octanol–water partition coefficient (Wildman–Crippen LogP) is 0.513. The van der Waals surface area contributed by atoms with Gasteiger partial charge in [-0.3, -0.25) is 0 Å². The summed E-state index contributed by atoms with van der Waals surface area (Å²) in [6.45, 7) is 1.92. The van der Waals surface area contributed by atoms with Gasteiger partial charge in [0.25, 0.3) is 10.0 Å². The summed E-state index contributed by atoms with van der Waals surface area (Å²) in [4.78, 5) is 10.6. The summed E-state index contributed by atoms with van der Waals surface area (Å²) in [5.74, 6) is -1.75. The van der Waals surface area contributed by atoms with Crippen LogP contribution in [0.5, 0.6) is 0 Å². The quantitative estimate of drug-likeness (QED) is 0.817. The Morgan fingerprint density at radius 2 is 2.11 bits per heavy atom. The third-order valence-corrected chi connectivity index (χ3v) is 4.71. The highest BCUT2D eigenvalue weighted by atomic mass is 32.2. The topological polar surface area (TPSA) is 108 Å². The molecule has 1 saturated heterocycles. The number of carboxylic acids is 1. The summed E-state index contributed by atoms with van der Waals surface area (Å²) < 4.78 is 30.0. The van der Waals surface area contributed by atoms with E-state index in [9.17, 15) is 18.3 Å². The molecule has 0 aliphatic carbocycles. The van der Waals surface area contributed by atoms with Crippen molar-refractivity contribution < 1.29 is 27.8 Å². The van der Waals surface area contributed by atoms with Crippen LogP contribution < -0.4 is 0 Å². The first-order valence-electron chi connectivity index (χ1n) is 5.84. The number of hydrogen-bond donors (Lipinski definition) is 2. The molecule has 1 aromatic rings. The van der Waals surface area contributed by atoms with E-state index in [-0.39, 0.29) is 13.1 Å². The number of β-amino-alcohol motifs (C(OH)–C–C–N with tert-alkyl or cyclic N) is 1. The maximum absolute atomic E-state index is 12.1. The van der Waals surface area contributed by atoms with Gasteiger partial charge in [0.2, 0.25) is 10.9 Å². The van der Waals surface area contributed by atoms with Gasteiger partial charge in [-0.2, -0.15) is 4.31 Å². The Kier molecular flexibility index (Phi) is 3.41. The Bertz CT molecular complexity index is 584. The number of aromatic carboxylic acids is 1. The second-order valence-corrected chi connectivity index (χ2v) is 6.54. The molecule has 0 unspecified atom stereocenters. The van der Waals surface area contributed by atoms with Crippen LogP contribution in [0.1, 0.15) is 30.3 Å². The first kappa shape index (κ1) is 14.0. The van der Waals surface area contributed by atoms with Crippen molar-refractivity contribution in [1.29, 1.82) is 0 Å². The number of carbonyl (C=O) groups is 1. The zero-order valence-electron chi connectivity index (χ0n) is 10.4. The minimum Gasteiger partial charge on any atom is -0.475 e. The molecule has 0 spiro atoms. The molecule has 7 nitrogen and oxygen atoms in total. The number of carboxylic acid groups (broad SMARTS) is 1. The Hall–Kier alpha value is -1.38. The van der Waals surface area contributed by atoms with Crippen molar-refractivity contribution in [3.8, 4) is 0 Å². The smallest absolute Gasteiger partial charge is 0.371 e. The van der Waals surface area contributed by atoms with Crippen molar-refractivity contribution in [1.82, 2.24) is 4.31 Å². The molecular formula is C11H15NO6S. The molecule has 2 rings (SSSR count). The van der Waals surface area contributed by atoms with E-state index in [0.29, 0.717) is 6.42 Å². The lowest BCUT2D eigenvalue weighted by molar-refractivity contribution is -0.0657. The van der Waals surface area contributed by atoms with E-state index in [2.05, 4.69) is 0 Å². The highest BCUT2D eigenvalue weighted by Crippen LogP contribution is 2.31. The van der Waals surface area contributed by atoms with Gasteiger partial charge in [0, 0.05) is 13.1 Å². The number of sulfonamides is 1. The third kappa shape index (κ3) is 2.51. The Balaban J connectivity index is 2.14. The van der Waals surface area contributed by atoms with Gasteiger partial charge in [-0.15, -0.1) is 0 Å². The monoisotopic (exact) mass is 289 g/mol. The summed E-state index contributed by atoms with van der Waals surface area (Å²) in [5.41, 5.74) is -0.982. The van der Waals surface area contributed by atoms with Gasteiger partial charge in [0.05, 0.1) is 5.60 Å². The number of aliphatic hydroxyl groups is 1. The van der Waals surface area contributed by atoms with Crippen LogP contribution in [0.15, 0.2) is 21.6 Å². The fourth-order valence-corrected chi connectivity index (χ4v) is 3.61. The number of nitrogens with zero attached hydrogens (tertiary/aromatic N) is 1. The first-order valence-corrected chi connectivity index (χ1v) is 7.28. The maximum atomic E-state index is 12.1. The lowest BCUT2D eigenvalue weighted by Gasteiger charge is -2.44. The van der Waals surface area contributed by atoms with Crippen LogP contribution in [0, 0.1) is 0 Å². The van der Waals surface area contributed by atoms with Crippen molar-refractivity contribution in [3.05, 3.63) is 17.9 Å². The average molecular weight is 289 g/mol. The van der Waals surface area contributed by atoms with Gasteiger partial charge in [0.15, 0.2) is 0 Å².